The van der Waals surface area contributed by atoms with E-state index < -0.39 is 5.54 Å². The topological polar surface area (TPSA) is 50.7 Å². The Bertz CT molecular complexity index is 698. The van der Waals surface area contributed by atoms with Crippen molar-refractivity contribution < 1.29 is 4.92 Å². The van der Waals surface area contributed by atoms with Gasteiger partial charge in [0, 0.05) is 37.1 Å². The van der Waals surface area contributed by atoms with E-state index in [1.165, 1.54) is 19.3 Å². The number of anilines is 1. The van der Waals surface area contributed by atoms with E-state index in [-0.39, 0.29) is 10.6 Å². The van der Waals surface area contributed by atoms with Gasteiger partial charge in [-0.1, -0.05) is 33.1 Å². The molecule has 0 radical (unpaired) electrons. The quantitative estimate of drug-likeness (QED) is 0.374. The maximum atomic E-state index is 11.9. The zero-order valence-electron chi connectivity index (χ0n) is 15.9. The third-order valence-electron chi connectivity index (χ3n) is 5.99. The van der Waals surface area contributed by atoms with Gasteiger partial charge in [0.05, 0.1) is 4.92 Å². The Labute approximate surface area is 156 Å². The number of hydrogen-bond donors (Lipinski definition) is 0. The lowest BCUT2D eigenvalue weighted by Gasteiger charge is -2.37. The van der Waals surface area contributed by atoms with Crippen molar-refractivity contribution in [2.45, 2.75) is 76.8 Å². The van der Waals surface area contributed by atoms with Crippen molar-refractivity contribution in [1.29, 1.82) is 0 Å². The zero-order chi connectivity index (χ0) is 18.7. The average molecular weight is 355 g/mol. The Morgan fingerprint density at radius 3 is 2.46 bits per heavy atom. The van der Waals surface area contributed by atoms with E-state index in [0.717, 1.165) is 49.9 Å². The molecular formula is C21H29N3O2. The highest BCUT2D eigenvalue weighted by atomic mass is 16.6. The van der Waals surface area contributed by atoms with Crippen molar-refractivity contribution in [2.75, 3.05) is 11.4 Å². The first-order valence-electron chi connectivity index (χ1n) is 9.91. The van der Waals surface area contributed by atoms with Crippen LogP contribution in [0.15, 0.2) is 18.2 Å². The number of nitro benzene ring substituents is 1. The smallest absolute Gasteiger partial charge is 0.293 e. The van der Waals surface area contributed by atoms with Crippen LogP contribution in [0.3, 0.4) is 0 Å². The van der Waals surface area contributed by atoms with Gasteiger partial charge in [0.2, 0.25) is 0 Å². The van der Waals surface area contributed by atoms with Crippen LogP contribution in [0.4, 0.5) is 11.4 Å². The highest BCUT2D eigenvalue weighted by molar-refractivity contribution is 5.66. The van der Waals surface area contributed by atoms with Gasteiger partial charge in [-0.25, -0.2) is 6.57 Å². The Morgan fingerprint density at radius 1 is 1.27 bits per heavy atom. The molecule has 26 heavy (non-hydrogen) atoms. The number of nitrogens with zero attached hydrogens (tertiary/aromatic N) is 3. The van der Waals surface area contributed by atoms with E-state index >= 15 is 0 Å². The standard InChI is InChI=1S/C21H29N3O2/c1-16(2)15-23(18-8-5-4-6-9-18)19-11-10-17(14-20(19)24(25)26)21(22-3)12-7-13-21/h10-11,14,16,18H,4-9,12-13,15H2,1-2H3. The molecule has 0 N–H and O–H groups in total. The molecule has 2 fully saturated rings. The minimum absolute atomic E-state index is 0.170. The molecule has 0 spiro atoms. The molecule has 0 heterocycles. The predicted octanol–water partition coefficient (Wildman–Crippen LogP) is 5.69. The molecule has 1 aromatic rings. The Hall–Kier alpha value is -2.09. The number of rotatable bonds is 6. The van der Waals surface area contributed by atoms with Gasteiger partial charge < -0.3 is 9.74 Å². The summed E-state index contributed by atoms with van der Waals surface area (Å²) in [5.41, 5.74) is 1.20. The van der Waals surface area contributed by atoms with E-state index in [2.05, 4.69) is 23.6 Å². The summed E-state index contributed by atoms with van der Waals surface area (Å²) in [6.07, 6.45) is 8.53. The first-order valence-corrected chi connectivity index (χ1v) is 9.91. The highest BCUT2D eigenvalue weighted by Gasteiger charge is 2.46. The van der Waals surface area contributed by atoms with Gasteiger partial charge in [-0.05, 0) is 37.3 Å². The molecule has 0 bridgehead atoms. The van der Waals surface area contributed by atoms with Crippen LogP contribution in [0.1, 0.15) is 70.8 Å². The van der Waals surface area contributed by atoms with E-state index in [1.807, 2.05) is 12.1 Å². The Kier molecular flexibility index (Phi) is 5.50. The molecule has 0 atom stereocenters. The normalized spacial score (nSPS) is 19.6. The van der Waals surface area contributed by atoms with Crippen molar-refractivity contribution in [1.82, 2.24) is 0 Å². The van der Waals surface area contributed by atoms with E-state index in [9.17, 15) is 10.1 Å². The van der Waals surface area contributed by atoms with Crippen LogP contribution in [0.2, 0.25) is 0 Å². The summed E-state index contributed by atoms with van der Waals surface area (Å²) < 4.78 is 0. The molecule has 0 saturated heterocycles. The third kappa shape index (κ3) is 3.56. The molecule has 1 aromatic carbocycles. The summed E-state index contributed by atoms with van der Waals surface area (Å²) in [7, 11) is 0. The molecule has 140 valence electrons. The molecule has 0 aromatic heterocycles. The largest absolute Gasteiger partial charge is 0.363 e. The average Bonchev–Trinajstić information content (AvgIpc) is 2.60. The van der Waals surface area contributed by atoms with Gasteiger partial charge in [-0.2, -0.15) is 0 Å². The molecule has 3 rings (SSSR count). The molecule has 5 nitrogen and oxygen atoms in total. The van der Waals surface area contributed by atoms with Crippen molar-refractivity contribution in [3.05, 3.63) is 45.3 Å². The lowest BCUT2D eigenvalue weighted by molar-refractivity contribution is -0.384. The second-order valence-corrected chi connectivity index (χ2v) is 8.30. The molecule has 0 amide bonds. The van der Waals surface area contributed by atoms with Crippen LogP contribution in [0, 0.1) is 22.6 Å². The SMILES string of the molecule is [C-]#[N+]C1(c2ccc(N(CC(C)C)C3CCCCC3)c([N+](=O)[O-])c2)CCC1. The number of hydrogen-bond acceptors (Lipinski definition) is 3. The van der Waals surface area contributed by atoms with E-state index in [4.69, 9.17) is 6.57 Å². The third-order valence-corrected chi connectivity index (χ3v) is 5.99. The van der Waals surface area contributed by atoms with E-state index in [0.29, 0.717) is 12.0 Å². The van der Waals surface area contributed by atoms with Gasteiger partial charge in [0.1, 0.15) is 5.69 Å². The lowest BCUT2D eigenvalue weighted by atomic mass is 9.72. The molecule has 2 aliphatic rings. The first kappa shape index (κ1) is 18.7. The van der Waals surface area contributed by atoms with Gasteiger partial charge in [-0.3, -0.25) is 10.1 Å². The van der Waals surface area contributed by atoms with Crippen LogP contribution in [0.5, 0.6) is 0 Å². The Morgan fingerprint density at radius 2 is 1.96 bits per heavy atom. The number of nitro groups is 1. The van der Waals surface area contributed by atoms with Crippen molar-refractivity contribution in [3.8, 4) is 0 Å². The van der Waals surface area contributed by atoms with Gasteiger partial charge in [-0.15, -0.1) is 0 Å². The number of benzene rings is 1. The summed E-state index contributed by atoms with van der Waals surface area (Å²) in [5, 5.41) is 11.9. The van der Waals surface area contributed by atoms with Gasteiger partial charge in [0.15, 0.2) is 0 Å². The van der Waals surface area contributed by atoms with Crippen LogP contribution >= 0.6 is 0 Å². The summed E-state index contributed by atoms with van der Waals surface area (Å²) in [6.45, 7) is 12.7. The maximum Gasteiger partial charge on any atom is 0.293 e. The lowest BCUT2D eigenvalue weighted by Crippen LogP contribution is -2.40. The fraction of sp³-hybridized carbons (Fsp3) is 0.667. The first-order chi connectivity index (χ1) is 12.5. The van der Waals surface area contributed by atoms with Crippen LogP contribution < -0.4 is 4.90 Å². The fourth-order valence-corrected chi connectivity index (χ4v) is 4.41. The maximum absolute atomic E-state index is 11.9. The van der Waals surface area contributed by atoms with Crippen LogP contribution in [-0.2, 0) is 5.54 Å². The van der Waals surface area contributed by atoms with Crippen molar-refractivity contribution in [3.63, 3.8) is 0 Å². The summed E-state index contributed by atoms with van der Waals surface area (Å²) in [5.74, 6) is 0.442. The zero-order valence-corrected chi connectivity index (χ0v) is 15.9. The minimum atomic E-state index is -0.531. The molecule has 2 aliphatic carbocycles. The van der Waals surface area contributed by atoms with E-state index in [1.54, 1.807) is 6.07 Å². The predicted molar refractivity (Wildman–Crippen MR) is 104 cm³/mol. The minimum Gasteiger partial charge on any atom is -0.363 e. The molecule has 0 aliphatic heterocycles. The highest BCUT2D eigenvalue weighted by Crippen LogP contribution is 2.47. The monoisotopic (exact) mass is 355 g/mol. The van der Waals surface area contributed by atoms with Crippen molar-refractivity contribution >= 4 is 11.4 Å². The molecule has 5 heteroatoms. The summed E-state index contributed by atoms with van der Waals surface area (Å²) >= 11 is 0. The second-order valence-electron chi connectivity index (χ2n) is 8.30. The van der Waals surface area contributed by atoms with Gasteiger partial charge >= 0.3 is 0 Å². The van der Waals surface area contributed by atoms with Crippen LogP contribution in [-0.4, -0.2) is 17.5 Å². The van der Waals surface area contributed by atoms with Crippen molar-refractivity contribution in [2.24, 2.45) is 5.92 Å². The molecule has 0 unspecified atom stereocenters. The summed E-state index contributed by atoms with van der Waals surface area (Å²) in [4.78, 5) is 17.7. The second kappa shape index (κ2) is 7.65. The summed E-state index contributed by atoms with van der Waals surface area (Å²) in [6, 6.07) is 5.95. The molecular weight excluding hydrogens is 326 g/mol. The molecule has 2 saturated carbocycles. The van der Waals surface area contributed by atoms with Gasteiger partial charge in [0.25, 0.3) is 11.2 Å². The Balaban J connectivity index is 2.00. The van der Waals surface area contributed by atoms with Crippen LogP contribution in [0.25, 0.3) is 4.85 Å². The fourth-order valence-electron chi connectivity index (χ4n) is 4.41.